The van der Waals surface area contributed by atoms with Crippen LogP contribution in [-0.4, -0.2) is 32.5 Å². The average molecular weight is 409 g/mol. The first kappa shape index (κ1) is 20.0. The lowest BCUT2D eigenvalue weighted by molar-refractivity contribution is -0.119. The fourth-order valence-electron chi connectivity index (χ4n) is 3.10. The molecule has 0 radical (unpaired) electrons. The molecule has 1 aromatic carbocycles. The van der Waals surface area contributed by atoms with Gasteiger partial charge in [-0.1, -0.05) is 42.4 Å². The molecule has 8 heteroatoms. The molecular weight excluding hydrogens is 384 g/mol. The molecule has 6 nitrogen and oxygen atoms in total. The molecule has 3 rings (SSSR count). The van der Waals surface area contributed by atoms with E-state index in [1.165, 1.54) is 24.6 Å². The van der Waals surface area contributed by atoms with Crippen molar-refractivity contribution in [1.29, 1.82) is 0 Å². The summed E-state index contributed by atoms with van der Waals surface area (Å²) >= 11 is 7.48. The van der Waals surface area contributed by atoms with Gasteiger partial charge in [-0.2, -0.15) is 0 Å². The van der Waals surface area contributed by atoms with Crippen molar-refractivity contribution < 1.29 is 9.53 Å². The summed E-state index contributed by atoms with van der Waals surface area (Å²) in [6, 6.07) is 7.62. The summed E-state index contributed by atoms with van der Waals surface area (Å²) < 4.78 is 7.55. The molecular formula is C19H25ClN4O2S. The quantitative estimate of drug-likeness (QED) is 0.705. The number of hydrogen-bond donors (Lipinski definition) is 1. The smallest absolute Gasteiger partial charge is 0.230 e. The van der Waals surface area contributed by atoms with Gasteiger partial charge in [-0.05, 0) is 43.7 Å². The number of ether oxygens (including phenoxy) is 1. The third-order valence-electron chi connectivity index (χ3n) is 4.83. The zero-order valence-corrected chi connectivity index (χ0v) is 17.2. The molecule has 0 atom stereocenters. The van der Waals surface area contributed by atoms with Gasteiger partial charge in [0.25, 0.3) is 0 Å². The first-order valence-corrected chi connectivity index (χ1v) is 10.6. The fourth-order valence-corrected chi connectivity index (χ4v) is 4.04. The molecule has 0 saturated heterocycles. The normalized spacial score (nSPS) is 19.7. The molecule has 0 unspecified atom stereocenters. The van der Waals surface area contributed by atoms with Crippen molar-refractivity contribution in [1.82, 2.24) is 20.1 Å². The second-order valence-electron chi connectivity index (χ2n) is 6.99. The van der Waals surface area contributed by atoms with Gasteiger partial charge in [-0.3, -0.25) is 4.79 Å². The number of para-hydroxylation sites is 1. The van der Waals surface area contributed by atoms with Crippen LogP contribution < -0.4 is 10.1 Å². The third-order valence-corrected chi connectivity index (χ3v) is 6.16. The fraction of sp³-hybridized carbons (Fsp3) is 0.526. The third kappa shape index (κ3) is 5.62. The Morgan fingerprint density at radius 3 is 2.78 bits per heavy atom. The Balaban J connectivity index is 1.47. The van der Waals surface area contributed by atoms with Crippen LogP contribution in [-0.2, 0) is 18.4 Å². The van der Waals surface area contributed by atoms with Crippen LogP contribution >= 0.6 is 23.4 Å². The second-order valence-corrected chi connectivity index (χ2v) is 8.34. The first-order valence-electron chi connectivity index (χ1n) is 9.20. The van der Waals surface area contributed by atoms with Gasteiger partial charge in [0.2, 0.25) is 5.91 Å². The summed E-state index contributed by atoms with van der Waals surface area (Å²) in [5, 5.41) is 12.7. The van der Waals surface area contributed by atoms with Crippen LogP contribution in [0.2, 0.25) is 5.02 Å². The SMILES string of the molecule is CC1CCC(NC(=O)CSc2nnc(COc3ccccc3Cl)n2C)CC1. The number of carbonyl (C=O) groups is 1. The van der Waals surface area contributed by atoms with Crippen molar-refractivity contribution in [3.8, 4) is 5.75 Å². The average Bonchev–Trinajstić information content (AvgIpc) is 3.01. The highest BCUT2D eigenvalue weighted by molar-refractivity contribution is 7.99. The van der Waals surface area contributed by atoms with Crippen LogP contribution in [0.15, 0.2) is 29.4 Å². The number of thioether (sulfide) groups is 1. The summed E-state index contributed by atoms with van der Waals surface area (Å²) in [6.45, 7) is 2.54. The predicted molar refractivity (Wildman–Crippen MR) is 107 cm³/mol. The molecule has 1 amide bonds. The van der Waals surface area contributed by atoms with Gasteiger partial charge in [0, 0.05) is 13.1 Å². The van der Waals surface area contributed by atoms with Gasteiger partial charge in [-0.15, -0.1) is 10.2 Å². The summed E-state index contributed by atoms with van der Waals surface area (Å²) in [6.07, 6.45) is 4.53. The molecule has 0 spiro atoms. The number of nitrogens with one attached hydrogen (secondary N) is 1. The summed E-state index contributed by atoms with van der Waals surface area (Å²) in [5.41, 5.74) is 0. The van der Waals surface area contributed by atoms with E-state index in [0.29, 0.717) is 33.5 Å². The van der Waals surface area contributed by atoms with Crippen molar-refractivity contribution in [2.75, 3.05) is 5.75 Å². The van der Waals surface area contributed by atoms with Crippen molar-refractivity contribution in [2.45, 2.75) is 50.4 Å². The van der Waals surface area contributed by atoms with Crippen LogP contribution in [0.4, 0.5) is 0 Å². The van der Waals surface area contributed by atoms with Crippen LogP contribution in [0.3, 0.4) is 0 Å². The summed E-state index contributed by atoms with van der Waals surface area (Å²) in [4.78, 5) is 12.2. The van der Waals surface area contributed by atoms with Crippen molar-refractivity contribution in [3.63, 3.8) is 0 Å². The maximum atomic E-state index is 12.2. The lowest BCUT2D eigenvalue weighted by atomic mass is 9.87. The van der Waals surface area contributed by atoms with E-state index in [2.05, 4.69) is 22.4 Å². The lowest BCUT2D eigenvalue weighted by Crippen LogP contribution is -2.38. The topological polar surface area (TPSA) is 69.0 Å². The monoisotopic (exact) mass is 408 g/mol. The Kier molecular flexibility index (Phi) is 7.01. The molecule has 1 aliphatic carbocycles. The minimum atomic E-state index is 0.0522. The number of benzene rings is 1. The molecule has 1 N–H and O–H groups in total. The van der Waals surface area contributed by atoms with E-state index in [1.807, 2.05) is 29.8 Å². The summed E-state index contributed by atoms with van der Waals surface area (Å²) in [5.74, 6) is 2.45. The molecule has 2 aromatic rings. The first-order chi connectivity index (χ1) is 13.0. The zero-order chi connectivity index (χ0) is 19.2. The van der Waals surface area contributed by atoms with E-state index in [0.717, 1.165) is 18.8 Å². The van der Waals surface area contributed by atoms with Crippen LogP contribution in [0, 0.1) is 5.92 Å². The standard InChI is InChI=1S/C19H25ClN4O2S/c1-13-7-9-14(10-8-13)21-18(25)12-27-19-23-22-17(24(19)2)11-26-16-6-4-3-5-15(16)20/h3-6,13-14H,7-12H2,1-2H3,(H,21,25). The van der Waals surface area contributed by atoms with E-state index in [-0.39, 0.29) is 12.5 Å². The molecule has 1 heterocycles. The minimum absolute atomic E-state index is 0.0522. The van der Waals surface area contributed by atoms with Gasteiger partial charge in [0.15, 0.2) is 11.0 Å². The molecule has 1 aromatic heterocycles. The second kappa shape index (κ2) is 9.46. The molecule has 0 bridgehead atoms. The van der Waals surface area contributed by atoms with Gasteiger partial charge < -0.3 is 14.6 Å². The molecule has 1 fully saturated rings. The highest BCUT2D eigenvalue weighted by atomic mass is 35.5. The number of halogens is 1. The minimum Gasteiger partial charge on any atom is -0.484 e. The Bertz CT molecular complexity index is 775. The van der Waals surface area contributed by atoms with Crippen LogP contribution in [0.1, 0.15) is 38.4 Å². The van der Waals surface area contributed by atoms with Crippen molar-refractivity contribution in [3.05, 3.63) is 35.1 Å². The number of aromatic nitrogens is 3. The van der Waals surface area contributed by atoms with Gasteiger partial charge in [0.05, 0.1) is 10.8 Å². The molecule has 146 valence electrons. The van der Waals surface area contributed by atoms with Gasteiger partial charge >= 0.3 is 0 Å². The largest absolute Gasteiger partial charge is 0.484 e. The Morgan fingerprint density at radius 1 is 1.30 bits per heavy atom. The number of nitrogens with zero attached hydrogens (tertiary/aromatic N) is 3. The maximum Gasteiger partial charge on any atom is 0.230 e. The van der Waals surface area contributed by atoms with Crippen molar-refractivity contribution in [2.24, 2.45) is 13.0 Å². The number of amides is 1. The van der Waals surface area contributed by atoms with Crippen LogP contribution in [0.5, 0.6) is 5.75 Å². The van der Waals surface area contributed by atoms with Gasteiger partial charge in [-0.25, -0.2) is 0 Å². The summed E-state index contributed by atoms with van der Waals surface area (Å²) in [7, 11) is 1.87. The van der Waals surface area contributed by atoms with E-state index >= 15 is 0 Å². The van der Waals surface area contributed by atoms with Crippen molar-refractivity contribution >= 4 is 29.3 Å². The van der Waals surface area contributed by atoms with E-state index in [1.54, 1.807) is 6.07 Å². The molecule has 27 heavy (non-hydrogen) atoms. The Labute approximate surface area is 169 Å². The molecule has 1 saturated carbocycles. The molecule has 1 aliphatic rings. The van der Waals surface area contributed by atoms with Gasteiger partial charge in [0.1, 0.15) is 12.4 Å². The highest BCUT2D eigenvalue weighted by Crippen LogP contribution is 2.25. The molecule has 0 aliphatic heterocycles. The zero-order valence-electron chi connectivity index (χ0n) is 15.7. The van der Waals surface area contributed by atoms with E-state index in [9.17, 15) is 4.79 Å². The highest BCUT2D eigenvalue weighted by Gasteiger charge is 2.20. The maximum absolute atomic E-state index is 12.2. The Hall–Kier alpha value is -1.73. The Morgan fingerprint density at radius 2 is 2.04 bits per heavy atom. The van der Waals surface area contributed by atoms with Crippen LogP contribution in [0.25, 0.3) is 0 Å². The van der Waals surface area contributed by atoms with E-state index < -0.39 is 0 Å². The number of rotatable bonds is 7. The van der Waals surface area contributed by atoms with E-state index in [4.69, 9.17) is 16.3 Å². The number of carbonyl (C=O) groups excluding carboxylic acids is 1. The predicted octanol–water partition coefficient (Wildman–Crippen LogP) is 3.83. The lowest BCUT2D eigenvalue weighted by Gasteiger charge is -2.26. The number of hydrogen-bond acceptors (Lipinski definition) is 5.